The Hall–Kier alpha value is -2.57. The zero-order chi connectivity index (χ0) is 24.3. The first-order valence-corrected chi connectivity index (χ1v) is 14.2. The number of carbonyl (C=O) groups is 1. The standard InChI is InChI=1S/C30H32N2O3S/c33-26-6-5-23(14-25(26)30-16-19-11-20(17-30)13-21(12-19)18-30)24-4-2-1-3-22(24)15-27-28(34)31-29(36-27)32-7-9-35-10-8-32/h1-6,14-15,19-21,33H,7-13,16-18H2/b27-15-. The maximum Gasteiger partial charge on any atom is 0.286 e. The number of phenolic OH excluding ortho intramolecular Hbond substituents is 1. The maximum absolute atomic E-state index is 12.8. The number of morpholine rings is 1. The van der Waals surface area contributed by atoms with Crippen molar-refractivity contribution in [1.82, 2.24) is 4.90 Å². The Morgan fingerprint density at radius 2 is 1.69 bits per heavy atom. The lowest BCUT2D eigenvalue weighted by Crippen LogP contribution is -2.48. The van der Waals surface area contributed by atoms with E-state index >= 15 is 0 Å². The number of hydrogen-bond acceptors (Lipinski definition) is 5. The van der Waals surface area contributed by atoms with Crippen LogP contribution in [0.1, 0.15) is 49.7 Å². The van der Waals surface area contributed by atoms with Crippen LogP contribution in [0.15, 0.2) is 52.4 Å². The highest BCUT2D eigenvalue weighted by Crippen LogP contribution is 2.62. The normalized spacial score (nSPS) is 32.4. The molecule has 2 heterocycles. The topological polar surface area (TPSA) is 62.1 Å². The van der Waals surface area contributed by atoms with E-state index in [-0.39, 0.29) is 11.3 Å². The molecular weight excluding hydrogens is 468 g/mol. The predicted molar refractivity (Wildman–Crippen MR) is 144 cm³/mol. The SMILES string of the molecule is O=C1N=C(N2CCOCC2)S/C1=C\c1ccccc1-c1ccc(O)c(C23CC4CC(CC(C4)C2)C3)c1. The van der Waals surface area contributed by atoms with Gasteiger partial charge in [-0.2, -0.15) is 4.99 Å². The fraction of sp³-hybridized carbons (Fsp3) is 0.467. The van der Waals surface area contributed by atoms with E-state index in [2.05, 4.69) is 28.1 Å². The number of carbonyl (C=O) groups excluding carboxylic acids is 1. The summed E-state index contributed by atoms with van der Waals surface area (Å²) < 4.78 is 5.44. The zero-order valence-corrected chi connectivity index (χ0v) is 21.3. The summed E-state index contributed by atoms with van der Waals surface area (Å²) in [6.07, 6.45) is 9.79. The van der Waals surface area contributed by atoms with Crippen LogP contribution in [0.4, 0.5) is 0 Å². The third kappa shape index (κ3) is 3.90. The van der Waals surface area contributed by atoms with Crippen molar-refractivity contribution in [1.29, 1.82) is 0 Å². The summed E-state index contributed by atoms with van der Waals surface area (Å²) in [4.78, 5) is 19.9. The summed E-state index contributed by atoms with van der Waals surface area (Å²) >= 11 is 1.46. The van der Waals surface area contributed by atoms with E-state index in [0.717, 1.165) is 58.3 Å². The van der Waals surface area contributed by atoms with Gasteiger partial charge in [-0.25, -0.2) is 0 Å². The molecule has 1 saturated heterocycles. The number of amidine groups is 1. The first-order valence-electron chi connectivity index (χ1n) is 13.3. The number of amides is 1. The molecule has 0 radical (unpaired) electrons. The fourth-order valence-corrected chi connectivity index (χ4v) is 8.84. The summed E-state index contributed by atoms with van der Waals surface area (Å²) in [5, 5.41) is 11.8. The van der Waals surface area contributed by atoms with Gasteiger partial charge in [0.1, 0.15) is 5.75 Å². The highest BCUT2D eigenvalue weighted by atomic mass is 32.2. The predicted octanol–water partition coefficient (Wildman–Crippen LogP) is 5.83. The minimum Gasteiger partial charge on any atom is -0.508 e. The smallest absolute Gasteiger partial charge is 0.286 e. The van der Waals surface area contributed by atoms with Crippen LogP contribution in [0.2, 0.25) is 0 Å². The number of hydrogen-bond donors (Lipinski definition) is 1. The Morgan fingerprint density at radius 1 is 1.00 bits per heavy atom. The van der Waals surface area contributed by atoms with Crippen LogP contribution in [0.3, 0.4) is 0 Å². The molecule has 8 rings (SSSR count). The van der Waals surface area contributed by atoms with Crippen molar-refractivity contribution in [3.05, 3.63) is 58.5 Å². The van der Waals surface area contributed by atoms with Crippen molar-refractivity contribution in [3.63, 3.8) is 0 Å². The van der Waals surface area contributed by atoms with Gasteiger partial charge >= 0.3 is 0 Å². The summed E-state index contributed by atoms with van der Waals surface area (Å²) in [6.45, 7) is 2.87. The van der Waals surface area contributed by atoms with Crippen LogP contribution in [-0.2, 0) is 14.9 Å². The number of aromatic hydroxyl groups is 1. The molecule has 2 aromatic rings. The average molecular weight is 501 g/mol. The third-order valence-corrected chi connectivity index (χ3v) is 10.1. The number of phenols is 1. The first-order chi connectivity index (χ1) is 17.6. The van der Waals surface area contributed by atoms with E-state index in [0.29, 0.717) is 23.9 Å². The number of thioether (sulfide) groups is 1. The Labute approximate surface area is 216 Å². The number of ether oxygens (including phenoxy) is 1. The molecule has 186 valence electrons. The molecule has 1 N–H and O–H groups in total. The van der Waals surface area contributed by atoms with Gasteiger partial charge in [-0.15, -0.1) is 0 Å². The van der Waals surface area contributed by atoms with Crippen LogP contribution in [0.25, 0.3) is 17.2 Å². The van der Waals surface area contributed by atoms with Gasteiger partial charge in [0, 0.05) is 18.7 Å². The molecule has 2 aromatic carbocycles. The lowest BCUT2D eigenvalue weighted by molar-refractivity contribution is -0.113. The van der Waals surface area contributed by atoms with Gasteiger partial charge in [0.2, 0.25) is 0 Å². The summed E-state index contributed by atoms with van der Waals surface area (Å²) in [6, 6.07) is 14.4. The number of rotatable bonds is 3. The van der Waals surface area contributed by atoms with Gasteiger partial charge in [0.05, 0.1) is 18.1 Å². The van der Waals surface area contributed by atoms with Gasteiger partial charge in [-0.1, -0.05) is 30.3 Å². The molecule has 4 aliphatic carbocycles. The van der Waals surface area contributed by atoms with Crippen molar-refractivity contribution in [2.75, 3.05) is 26.3 Å². The number of aliphatic imine (C=N–C) groups is 1. The lowest BCUT2D eigenvalue weighted by atomic mass is 9.48. The summed E-state index contributed by atoms with van der Waals surface area (Å²) in [5.74, 6) is 2.74. The lowest BCUT2D eigenvalue weighted by Gasteiger charge is -2.57. The molecule has 6 heteroatoms. The van der Waals surface area contributed by atoms with Gasteiger partial charge < -0.3 is 14.7 Å². The monoisotopic (exact) mass is 500 g/mol. The Morgan fingerprint density at radius 3 is 2.42 bits per heavy atom. The first kappa shape index (κ1) is 22.6. The van der Waals surface area contributed by atoms with E-state index in [4.69, 9.17) is 4.74 Å². The zero-order valence-electron chi connectivity index (χ0n) is 20.5. The van der Waals surface area contributed by atoms with Crippen molar-refractivity contribution in [2.45, 2.75) is 43.9 Å². The summed E-state index contributed by atoms with van der Waals surface area (Å²) in [5.41, 5.74) is 4.47. The van der Waals surface area contributed by atoms with Gasteiger partial charge in [-0.3, -0.25) is 4.79 Å². The Bertz CT molecular complexity index is 1240. The van der Waals surface area contributed by atoms with Gasteiger partial charge in [0.25, 0.3) is 5.91 Å². The largest absolute Gasteiger partial charge is 0.508 e. The molecule has 4 saturated carbocycles. The molecule has 5 nitrogen and oxygen atoms in total. The van der Waals surface area contributed by atoms with Crippen LogP contribution in [0.5, 0.6) is 5.75 Å². The molecule has 6 aliphatic rings. The van der Waals surface area contributed by atoms with E-state index in [1.54, 1.807) is 0 Å². The van der Waals surface area contributed by atoms with Crippen molar-refractivity contribution in [3.8, 4) is 16.9 Å². The molecular formula is C30H32N2O3S. The van der Waals surface area contributed by atoms with Crippen LogP contribution < -0.4 is 0 Å². The Kier molecular flexibility index (Phi) is 5.51. The quantitative estimate of drug-likeness (QED) is 0.538. The van der Waals surface area contributed by atoms with E-state index in [1.165, 1.54) is 50.3 Å². The van der Waals surface area contributed by atoms with E-state index in [9.17, 15) is 9.90 Å². The fourth-order valence-electron chi connectivity index (χ4n) is 7.88. The summed E-state index contributed by atoms with van der Waals surface area (Å²) in [7, 11) is 0. The van der Waals surface area contributed by atoms with Crippen LogP contribution in [0, 0.1) is 17.8 Å². The number of nitrogens with zero attached hydrogens (tertiary/aromatic N) is 2. The molecule has 0 aromatic heterocycles. The molecule has 36 heavy (non-hydrogen) atoms. The molecule has 1 amide bonds. The van der Waals surface area contributed by atoms with Crippen LogP contribution >= 0.6 is 11.8 Å². The maximum atomic E-state index is 12.8. The Balaban J connectivity index is 1.21. The van der Waals surface area contributed by atoms with Gasteiger partial charge in [0.15, 0.2) is 5.17 Å². The van der Waals surface area contributed by atoms with E-state index in [1.807, 2.05) is 30.3 Å². The second-order valence-electron chi connectivity index (χ2n) is 11.4. The minimum atomic E-state index is -0.170. The molecule has 0 atom stereocenters. The highest BCUT2D eigenvalue weighted by Gasteiger charge is 2.52. The van der Waals surface area contributed by atoms with Crippen molar-refractivity contribution < 1.29 is 14.6 Å². The number of benzene rings is 2. The average Bonchev–Trinajstić information content (AvgIpc) is 3.24. The molecule has 5 fully saturated rings. The van der Waals surface area contributed by atoms with Crippen molar-refractivity contribution in [2.24, 2.45) is 22.7 Å². The third-order valence-electron chi connectivity index (χ3n) is 9.06. The second kappa shape index (κ2) is 8.77. The highest BCUT2D eigenvalue weighted by molar-refractivity contribution is 8.18. The van der Waals surface area contributed by atoms with Gasteiger partial charge in [-0.05, 0) is 108 Å². The molecule has 4 bridgehead atoms. The molecule has 0 unspecified atom stereocenters. The minimum absolute atomic E-state index is 0.125. The molecule has 2 aliphatic heterocycles. The van der Waals surface area contributed by atoms with Crippen molar-refractivity contribution >= 4 is 28.9 Å². The molecule has 0 spiro atoms. The van der Waals surface area contributed by atoms with E-state index < -0.39 is 0 Å². The van der Waals surface area contributed by atoms with Crippen LogP contribution in [-0.4, -0.2) is 47.4 Å². The second-order valence-corrected chi connectivity index (χ2v) is 12.4.